The molecule has 2 fully saturated rings. The van der Waals surface area contributed by atoms with Crippen molar-refractivity contribution in [2.45, 2.75) is 70.7 Å². The first-order valence-electron chi connectivity index (χ1n) is 6.65. The number of carbonyl (C=O) groups excluding carboxylic acids is 1. The lowest BCUT2D eigenvalue weighted by molar-refractivity contribution is 0.0109. The number of fused-ring (bicyclic) bond motifs is 1. The van der Waals surface area contributed by atoms with E-state index in [0.29, 0.717) is 12.0 Å². The van der Waals surface area contributed by atoms with Crippen molar-refractivity contribution in [3.63, 3.8) is 0 Å². The monoisotopic (exact) mass is 240 g/mol. The van der Waals surface area contributed by atoms with Crippen LogP contribution in [0.5, 0.6) is 0 Å². The van der Waals surface area contributed by atoms with Crippen molar-refractivity contribution in [2.24, 2.45) is 11.7 Å². The molecule has 0 bridgehead atoms. The Labute approximate surface area is 103 Å². The van der Waals surface area contributed by atoms with Crippen molar-refractivity contribution in [1.82, 2.24) is 4.90 Å². The Morgan fingerprint density at radius 3 is 2.59 bits per heavy atom. The second-order valence-electron chi connectivity index (χ2n) is 6.30. The smallest absolute Gasteiger partial charge is 0.411 e. The molecule has 1 aliphatic heterocycles. The molecule has 98 valence electrons. The lowest BCUT2D eigenvalue weighted by Crippen LogP contribution is -2.48. The topological polar surface area (TPSA) is 55.6 Å². The Morgan fingerprint density at radius 1 is 1.29 bits per heavy atom. The van der Waals surface area contributed by atoms with E-state index in [1.807, 2.05) is 20.8 Å². The van der Waals surface area contributed by atoms with E-state index >= 15 is 0 Å². The van der Waals surface area contributed by atoms with Crippen molar-refractivity contribution in [3.05, 3.63) is 0 Å². The van der Waals surface area contributed by atoms with Gasteiger partial charge in [-0.25, -0.2) is 4.79 Å². The van der Waals surface area contributed by atoms with Crippen LogP contribution in [0.1, 0.15) is 52.9 Å². The van der Waals surface area contributed by atoms with Gasteiger partial charge in [0, 0.05) is 6.04 Å². The molecule has 3 atom stereocenters. The number of hydrogen-bond acceptors (Lipinski definition) is 3. The van der Waals surface area contributed by atoms with Crippen LogP contribution in [0.4, 0.5) is 4.79 Å². The second-order valence-corrected chi connectivity index (χ2v) is 6.30. The maximum atomic E-state index is 12.1. The molecule has 2 aliphatic rings. The Bertz CT molecular complexity index is 298. The van der Waals surface area contributed by atoms with E-state index in [9.17, 15) is 4.79 Å². The summed E-state index contributed by atoms with van der Waals surface area (Å²) in [6.45, 7) is 5.68. The molecule has 0 aromatic heterocycles. The summed E-state index contributed by atoms with van der Waals surface area (Å²) in [5.41, 5.74) is 5.64. The van der Waals surface area contributed by atoms with Crippen molar-refractivity contribution in [1.29, 1.82) is 0 Å². The largest absolute Gasteiger partial charge is 0.444 e. The lowest BCUT2D eigenvalue weighted by atomic mass is 9.85. The maximum absolute atomic E-state index is 12.1. The van der Waals surface area contributed by atoms with Crippen LogP contribution in [0.15, 0.2) is 0 Å². The third-order valence-electron chi connectivity index (χ3n) is 3.73. The Hall–Kier alpha value is -0.770. The minimum atomic E-state index is -0.441. The van der Waals surface area contributed by atoms with Crippen LogP contribution >= 0.6 is 0 Å². The third-order valence-corrected chi connectivity index (χ3v) is 3.73. The first-order chi connectivity index (χ1) is 7.88. The predicted octanol–water partition coefficient (Wildman–Crippen LogP) is 2.47. The molecular weight excluding hydrogens is 216 g/mol. The minimum Gasteiger partial charge on any atom is -0.444 e. The molecule has 1 amide bonds. The number of hydrogen-bond donors (Lipinski definition) is 1. The van der Waals surface area contributed by atoms with Crippen LogP contribution in [0.2, 0.25) is 0 Å². The van der Waals surface area contributed by atoms with Gasteiger partial charge >= 0.3 is 6.09 Å². The number of carbonyl (C=O) groups is 1. The number of nitrogens with zero attached hydrogens (tertiary/aromatic N) is 1. The van der Waals surface area contributed by atoms with E-state index in [1.165, 1.54) is 19.3 Å². The normalized spacial score (nSPS) is 33.4. The zero-order valence-electron chi connectivity index (χ0n) is 11.1. The molecule has 3 unspecified atom stereocenters. The van der Waals surface area contributed by atoms with Gasteiger partial charge in [-0.15, -0.1) is 0 Å². The fourth-order valence-corrected chi connectivity index (χ4v) is 3.08. The fraction of sp³-hybridized carbons (Fsp3) is 0.923. The number of rotatable bonds is 0. The molecule has 2 N–H and O–H groups in total. The SMILES string of the molecule is CC(C)(C)OC(=O)N1C(N)CC2CCCCC21. The van der Waals surface area contributed by atoms with Gasteiger partial charge in [-0.1, -0.05) is 12.8 Å². The average Bonchev–Trinajstić information content (AvgIpc) is 2.50. The number of likely N-dealkylation sites (tertiary alicyclic amines) is 1. The van der Waals surface area contributed by atoms with E-state index in [1.54, 1.807) is 4.90 Å². The summed E-state index contributed by atoms with van der Waals surface area (Å²) in [4.78, 5) is 13.9. The van der Waals surface area contributed by atoms with E-state index in [0.717, 1.165) is 12.8 Å². The van der Waals surface area contributed by atoms with E-state index in [4.69, 9.17) is 10.5 Å². The molecule has 0 radical (unpaired) electrons. The summed E-state index contributed by atoms with van der Waals surface area (Å²) in [6, 6.07) is 0.314. The Balaban J connectivity index is 2.06. The first kappa shape index (κ1) is 12.7. The summed E-state index contributed by atoms with van der Waals surface area (Å²) in [6.07, 6.45) is 5.31. The third kappa shape index (κ3) is 2.73. The van der Waals surface area contributed by atoms with Gasteiger partial charge in [-0.3, -0.25) is 4.90 Å². The van der Waals surface area contributed by atoms with Crippen LogP contribution in [0.3, 0.4) is 0 Å². The molecule has 17 heavy (non-hydrogen) atoms. The Kier molecular flexibility index (Phi) is 3.34. The highest BCUT2D eigenvalue weighted by molar-refractivity contribution is 5.69. The van der Waals surface area contributed by atoms with Gasteiger partial charge in [0.15, 0.2) is 0 Å². The highest BCUT2D eigenvalue weighted by Gasteiger charge is 2.44. The molecule has 1 saturated carbocycles. The van der Waals surface area contributed by atoms with Crippen LogP contribution in [-0.2, 0) is 4.74 Å². The van der Waals surface area contributed by atoms with E-state index < -0.39 is 5.60 Å². The highest BCUT2D eigenvalue weighted by Crippen LogP contribution is 2.38. The predicted molar refractivity (Wildman–Crippen MR) is 66.4 cm³/mol. The standard InChI is InChI=1S/C13H24N2O2/c1-13(2,3)17-12(16)15-10-7-5-4-6-9(10)8-11(15)14/h9-11H,4-8,14H2,1-3H3. The molecular formula is C13H24N2O2. The molecule has 1 aliphatic carbocycles. The van der Waals surface area contributed by atoms with Gasteiger partial charge in [-0.2, -0.15) is 0 Å². The summed E-state index contributed by atoms with van der Waals surface area (Å²) in [7, 11) is 0. The molecule has 4 heteroatoms. The van der Waals surface area contributed by atoms with Crippen molar-refractivity contribution in [2.75, 3.05) is 0 Å². The first-order valence-corrected chi connectivity index (χ1v) is 6.65. The van der Waals surface area contributed by atoms with Gasteiger partial charge in [-0.05, 0) is 46.0 Å². The summed E-state index contributed by atoms with van der Waals surface area (Å²) < 4.78 is 5.45. The summed E-state index contributed by atoms with van der Waals surface area (Å²) in [5.74, 6) is 0.589. The summed E-state index contributed by atoms with van der Waals surface area (Å²) >= 11 is 0. The maximum Gasteiger partial charge on any atom is 0.411 e. The average molecular weight is 240 g/mol. The lowest BCUT2D eigenvalue weighted by Gasteiger charge is -2.34. The Morgan fingerprint density at radius 2 is 1.94 bits per heavy atom. The minimum absolute atomic E-state index is 0.155. The van der Waals surface area contributed by atoms with Gasteiger partial charge in [0.05, 0.1) is 6.17 Å². The number of amides is 1. The molecule has 0 aromatic rings. The molecule has 4 nitrogen and oxygen atoms in total. The quantitative estimate of drug-likeness (QED) is 0.707. The molecule has 0 aromatic carbocycles. The number of nitrogens with two attached hydrogens (primary N) is 1. The van der Waals surface area contributed by atoms with Crippen molar-refractivity contribution >= 4 is 6.09 Å². The second kappa shape index (κ2) is 4.48. The fourth-order valence-electron chi connectivity index (χ4n) is 3.08. The van der Waals surface area contributed by atoms with Gasteiger partial charge in [0.25, 0.3) is 0 Å². The molecule has 0 spiro atoms. The van der Waals surface area contributed by atoms with Crippen LogP contribution in [0, 0.1) is 5.92 Å². The number of ether oxygens (including phenoxy) is 1. The van der Waals surface area contributed by atoms with Crippen LogP contribution < -0.4 is 5.73 Å². The van der Waals surface area contributed by atoms with Gasteiger partial charge in [0.1, 0.15) is 5.60 Å². The molecule has 1 heterocycles. The molecule has 1 saturated heterocycles. The highest BCUT2D eigenvalue weighted by atomic mass is 16.6. The zero-order chi connectivity index (χ0) is 12.6. The summed E-state index contributed by atoms with van der Waals surface area (Å²) in [5, 5.41) is 0. The van der Waals surface area contributed by atoms with Crippen LogP contribution in [0.25, 0.3) is 0 Å². The van der Waals surface area contributed by atoms with E-state index in [2.05, 4.69) is 0 Å². The zero-order valence-corrected chi connectivity index (χ0v) is 11.1. The van der Waals surface area contributed by atoms with Gasteiger partial charge < -0.3 is 10.5 Å². The van der Waals surface area contributed by atoms with Crippen LogP contribution in [-0.4, -0.2) is 28.8 Å². The van der Waals surface area contributed by atoms with Gasteiger partial charge in [0.2, 0.25) is 0 Å². The van der Waals surface area contributed by atoms with E-state index in [-0.39, 0.29) is 12.3 Å². The molecule has 2 rings (SSSR count). The van der Waals surface area contributed by atoms with Crippen molar-refractivity contribution in [3.8, 4) is 0 Å². The van der Waals surface area contributed by atoms with Crippen molar-refractivity contribution < 1.29 is 9.53 Å².